The second-order valence-electron chi connectivity index (χ2n) is 18.8. The van der Waals surface area contributed by atoms with Gasteiger partial charge in [-0.2, -0.15) is 0 Å². The van der Waals surface area contributed by atoms with Crippen LogP contribution in [-0.2, 0) is 5.41 Å². The van der Waals surface area contributed by atoms with E-state index in [4.69, 9.17) is 4.99 Å². The number of benzene rings is 11. The smallest absolute Gasteiger partial charge is 0.0713 e. The molecule has 2 unspecified atom stereocenters. The Balaban J connectivity index is 1.01. The van der Waals surface area contributed by atoms with E-state index in [1.54, 1.807) is 0 Å². The van der Waals surface area contributed by atoms with E-state index in [0.29, 0.717) is 0 Å². The number of aliphatic imine (C=N–C) groups is 1. The average Bonchev–Trinajstić information content (AvgIpc) is 3.73. The van der Waals surface area contributed by atoms with Gasteiger partial charge in [0.05, 0.1) is 16.8 Å². The summed E-state index contributed by atoms with van der Waals surface area (Å²) >= 11 is 0. The average molecular weight is 880 g/mol. The van der Waals surface area contributed by atoms with Crippen molar-refractivity contribution in [3.63, 3.8) is 0 Å². The van der Waals surface area contributed by atoms with Crippen LogP contribution in [0.3, 0.4) is 0 Å². The van der Waals surface area contributed by atoms with E-state index < -0.39 is 5.41 Å². The molecule has 2 aliphatic rings. The monoisotopic (exact) mass is 879 g/mol. The molecule has 0 saturated carbocycles. The van der Waals surface area contributed by atoms with Gasteiger partial charge in [0.25, 0.3) is 0 Å². The molecule has 11 aromatic carbocycles. The Labute approximate surface area is 404 Å². The quantitative estimate of drug-likeness (QED) is 0.135. The molecule has 13 rings (SSSR count). The first-order valence-electron chi connectivity index (χ1n) is 24.4. The van der Waals surface area contributed by atoms with Crippen molar-refractivity contribution in [3.05, 3.63) is 294 Å². The fourth-order valence-electron chi connectivity index (χ4n) is 12.1. The normalized spacial score (nSPS) is 16.0. The topological polar surface area (TPSA) is 12.4 Å². The Kier molecular flexibility index (Phi) is 9.91. The molecule has 0 aromatic heterocycles. The van der Waals surface area contributed by atoms with Gasteiger partial charge in [-0.25, -0.2) is 0 Å². The molecule has 1 heterocycles. The van der Waals surface area contributed by atoms with Gasteiger partial charge >= 0.3 is 0 Å². The van der Waals surface area contributed by atoms with E-state index in [1.807, 2.05) is 0 Å². The van der Waals surface area contributed by atoms with E-state index in [2.05, 4.69) is 262 Å². The van der Waals surface area contributed by atoms with Crippen molar-refractivity contribution in [1.29, 1.82) is 0 Å². The molecule has 0 bridgehead atoms. The summed E-state index contributed by atoms with van der Waals surface area (Å²) in [5, 5.41) is 7.51. The van der Waals surface area contributed by atoms with Crippen LogP contribution in [0.2, 0.25) is 0 Å². The Morgan fingerprint density at radius 3 is 1.59 bits per heavy atom. The highest BCUT2D eigenvalue weighted by Gasteiger charge is 2.46. The maximum Gasteiger partial charge on any atom is 0.0713 e. The lowest BCUT2D eigenvalue weighted by atomic mass is 9.67. The lowest BCUT2D eigenvalue weighted by Crippen LogP contribution is -2.28. The van der Waals surface area contributed by atoms with Crippen LogP contribution in [0.4, 0.5) is 0 Å². The molecule has 0 N–H and O–H groups in total. The molecule has 1 aliphatic heterocycles. The molecular weight excluding hydrogens is 831 g/mol. The zero-order chi connectivity index (χ0) is 45.9. The van der Waals surface area contributed by atoms with Gasteiger partial charge in [0.15, 0.2) is 0 Å². The number of hydrogen-bond acceptors (Lipinski definition) is 1. The predicted octanol–water partition coefficient (Wildman–Crippen LogP) is 17.5. The second kappa shape index (κ2) is 16.7. The van der Waals surface area contributed by atoms with Gasteiger partial charge in [-0.1, -0.05) is 244 Å². The van der Waals surface area contributed by atoms with E-state index >= 15 is 0 Å². The summed E-state index contributed by atoms with van der Waals surface area (Å²) < 4.78 is 0. The zero-order valence-corrected chi connectivity index (χ0v) is 38.6. The molecule has 326 valence electrons. The number of rotatable bonds is 8. The number of hydrogen-bond donors (Lipinski definition) is 0. The van der Waals surface area contributed by atoms with Crippen LogP contribution in [-0.4, -0.2) is 5.71 Å². The molecule has 0 fully saturated rings. The van der Waals surface area contributed by atoms with Crippen LogP contribution >= 0.6 is 0 Å². The molecule has 0 spiro atoms. The van der Waals surface area contributed by atoms with Crippen molar-refractivity contribution in [2.75, 3.05) is 0 Å². The molecule has 0 radical (unpaired) electrons. The van der Waals surface area contributed by atoms with Crippen LogP contribution in [0.15, 0.2) is 260 Å². The first-order chi connectivity index (χ1) is 34.2. The largest absolute Gasteiger partial charge is 0.252 e. The molecular formula is C68H49N. The zero-order valence-electron chi connectivity index (χ0n) is 38.6. The summed E-state index contributed by atoms with van der Waals surface area (Å²) in [5.74, 6) is 0.386. The number of nitrogens with zero attached hydrogens (tertiary/aromatic N) is 1. The Hall–Kier alpha value is -8.39. The fourth-order valence-corrected chi connectivity index (χ4v) is 12.1. The number of allylic oxidation sites excluding steroid dienone is 1. The van der Waals surface area contributed by atoms with Crippen LogP contribution in [0.5, 0.6) is 0 Å². The van der Waals surface area contributed by atoms with Crippen molar-refractivity contribution in [2.24, 2.45) is 10.9 Å². The summed E-state index contributed by atoms with van der Waals surface area (Å²) in [5.41, 5.74) is 18.0. The lowest BCUT2D eigenvalue weighted by molar-refractivity contribution is 0.593. The lowest BCUT2D eigenvalue weighted by Gasteiger charge is -2.34. The van der Waals surface area contributed by atoms with Crippen molar-refractivity contribution in [3.8, 4) is 33.4 Å². The molecule has 69 heavy (non-hydrogen) atoms. The highest BCUT2D eigenvalue weighted by molar-refractivity contribution is 6.28. The minimum atomic E-state index is -0.482. The SMILES string of the molecule is CCC1C(c2ccccc2)=NC(c2ccc3c(c2)c2ccccc2c2cccc(-c4ccc5c(c4)C(c4ccccc4)(c4ccccc4)c4ccccc4-5)c23)=CC1c1ccc(-c2ccccc2)cc1. The molecule has 11 aromatic rings. The summed E-state index contributed by atoms with van der Waals surface area (Å²) in [7, 11) is 0. The molecule has 1 aliphatic carbocycles. The second-order valence-corrected chi connectivity index (χ2v) is 18.8. The summed E-state index contributed by atoms with van der Waals surface area (Å²) in [6.45, 7) is 2.31. The third kappa shape index (κ3) is 6.56. The van der Waals surface area contributed by atoms with Gasteiger partial charge in [-0.15, -0.1) is 0 Å². The van der Waals surface area contributed by atoms with Crippen LogP contribution in [0, 0.1) is 5.92 Å². The van der Waals surface area contributed by atoms with E-state index in [9.17, 15) is 0 Å². The minimum absolute atomic E-state index is 0.156. The van der Waals surface area contributed by atoms with Gasteiger partial charge in [-0.3, -0.25) is 4.99 Å². The standard InChI is InChI=1S/C68H49N/c1-2-53-61(47-36-34-46(35-37-47)45-20-7-3-8-21-45)44-65(69-67(53)48-22-9-4-10-23-48)50-39-41-60-62(42-50)56-29-16-15-28-55(56)59-32-19-31-54(66(59)60)49-38-40-58-57-30-17-18-33-63(57)68(64(58)43-49,51-24-11-5-12-25-51)52-26-13-6-14-27-52/h3-44,53,61H,2H2,1H3. The Morgan fingerprint density at radius 2 is 0.899 bits per heavy atom. The Morgan fingerprint density at radius 1 is 0.377 bits per heavy atom. The van der Waals surface area contributed by atoms with E-state index in [1.165, 1.54) is 99.1 Å². The predicted molar refractivity (Wildman–Crippen MR) is 291 cm³/mol. The van der Waals surface area contributed by atoms with E-state index in [-0.39, 0.29) is 11.8 Å². The van der Waals surface area contributed by atoms with Crippen LogP contribution in [0.1, 0.15) is 58.2 Å². The summed E-state index contributed by atoms with van der Waals surface area (Å²) in [6.07, 6.45) is 3.43. The van der Waals surface area contributed by atoms with Crippen molar-refractivity contribution in [2.45, 2.75) is 24.7 Å². The van der Waals surface area contributed by atoms with Gasteiger partial charge in [-0.05, 0) is 124 Å². The van der Waals surface area contributed by atoms with Crippen molar-refractivity contribution in [1.82, 2.24) is 0 Å². The molecule has 0 amide bonds. The Bertz CT molecular complexity index is 3750. The maximum absolute atomic E-state index is 5.62. The third-order valence-corrected chi connectivity index (χ3v) is 15.2. The fraction of sp³-hybridized carbons (Fsp3) is 0.0735. The molecule has 1 heteroatoms. The highest BCUT2D eigenvalue weighted by Crippen LogP contribution is 2.57. The highest BCUT2D eigenvalue weighted by atomic mass is 14.8. The molecule has 0 saturated heterocycles. The first-order valence-corrected chi connectivity index (χ1v) is 24.4. The van der Waals surface area contributed by atoms with Gasteiger partial charge in [0.1, 0.15) is 0 Å². The van der Waals surface area contributed by atoms with Crippen molar-refractivity contribution >= 4 is 43.7 Å². The molecule has 1 nitrogen and oxygen atoms in total. The van der Waals surface area contributed by atoms with Gasteiger partial charge in [0, 0.05) is 17.4 Å². The summed E-state index contributed by atoms with van der Waals surface area (Å²) in [6, 6.07) is 92.2. The summed E-state index contributed by atoms with van der Waals surface area (Å²) in [4.78, 5) is 5.62. The first kappa shape index (κ1) is 40.8. The van der Waals surface area contributed by atoms with Gasteiger partial charge < -0.3 is 0 Å². The number of fused-ring (bicyclic) bond motifs is 9. The van der Waals surface area contributed by atoms with Crippen molar-refractivity contribution < 1.29 is 0 Å². The van der Waals surface area contributed by atoms with Crippen LogP contribution in [0.25, 0.3) is 71.4 Å². The van der Waals surface area contributed by atoms with Crippen LogP contribution < -0.4 is 0 Å². The van der Waals surface area contributed by atoms with Gasteiger partial charge in [0.2, 0.25) is 0 Å². The maximum atomic E-state index is 5.62. The van der Waals surface area contributed by atoms with E-state index in [0.717, 1.165) is 23.4 Å². The molecule has 2 atom stereocenters. The third-order valence-electron chi connectivity index (χ3n) is 15.2. The minimum Gasteiger partial charge on any atom is -0.252 e.